The molecule has 1 aromatic carbocycles. The molecule has 144 valence electrons. The van der Waals surface area contributed by atoms with Crippen molar-refractivity contribution in [1.82, 2.24) is 9.88 Å². The first-order chi connectivity index (χ1) is 13.2. The van der Waals surface area contributed by atoms with E-state index in [0.717, 1.165) is 25.3 Å². The number of carbonyl (C=O) groups is 1. The first-order valence-corrected chi connectivity index (χ1v) is 9.97. The Hall–Kier alpha value is -2.38. The lowest BCUT2D eigenvalue weighted by Gasteiger charge is -2.25. The Balaban J connectivity index is 1.62. The highest BCUT2D eigenvalue weighted by atomic mass is 32.1. The molecule has 2 heterocycles. The molecule has 0 radical (unpaired) electrons. The Morgan fingerprint density at radius 2 is 2.15 bits per heavy atom. The van der Waals surface area contributed by atoms with Crippen LogP contribution in [0.2, 0.25) is 0 Å². The van der Waals surface area contributed by atoms with E-state index in [0.29, 0.717) is 28.8 Å². The Bertz CT molecular complexity index is 785. The fraction of sp³-hybridized carbons (Fsp3) is 0.400. The minimum absolute atomic E-state index is 0.220. The normalized spacial score (nSPS) is 14.6. The van der Waals surface area contributed by atoms with Crippen molar-refractivity contribution >= 4 is 22.4 Å². The number of carbonyl (C=O) groups excluding carboxylic acids is 1. The monoisotopic (exact) mass is 387 g/mol. The van der Waals surface area contributed by atoms with Crippen LogP contribution in [0.5, 0.6) is 11.5 Å². The number of hydrogen-bond donors (Lipinski definition) is 1. The van der Waals surface area contributed by atoms with Gasteiger partial charge in [0.1, 0.15) is 6.61 Å². The number of aromatic nitrogens is 1. The standard InChI is InChI=1S/C20H25N3O3S/c1-3-11-26-17-8-7-15(12-18(17)25-2)19(24)22-20-21-16(14-27-20)13-23-9-5-4-6-10-23/h3,7-8,12,14H,1,4-6,9-11,13H2,2H3,(H,21,22,24). The van der Waals surface area contributed by atoms with Crippen molar-refractivity contribution in [2.24, 2.45) is 0 Å². The zero-order valence-corrected chi connectivity index (χ0v) is 16.4. The van der Waals surface area contributed by atoms with Gasteiger partial charge in [-0.15, -0.1) is 11.3 Å². The van der Waals surface area contributed by atoms with E-state index in [-0.39, 0.29) is 5.91 Å². The second-order valence-electron chi connectivity index (χ2n) is 6.40. The highest BCUT2D eigenvalue weighted by Crippen LogP contribution is 2.28. The maximum absolute atomic E-state index is 12.5. The number of methoxy groups -OCH3 is 1. The first kappa shape index (κ1) is 19.4. The van der Waals surface area contributed by atoms with Gasteiger partial charge >= 0.3 is 0 Å². The second kappa shape index (κ2) is 9.53. The van der Waals surface area contributed by atoms with Gasteiger partial charge in [-0.2, -0.15) is 0 Å². The predicted octanol–water partition coefficient (Wildman–Crippen LogP) is 3.95. The number of rotatable bonds is 8. The Morgan fingerprint density at radius 1 is 1.33 bits per heavy atom. The quantitative estimate of drug-likeness (QED) is 0.695. The maximum atomic E-state index is 12.5. The fourth-order valence-electron chi connectivity index (χ4n) is 3.03. The fourth-order valence-corrected chi connectivity index (χ4v) is 3.73. The molecule has 6 nitrogen and oxygen atoms in total. The van der Waals surface area contributed by atoms with E-state index in [4.69, 9.17) is 9.47 Å². The Kier molecular flexibility index (Phi) is 6.84. The third-order valence-corrected chi connectivity index (χ3v) is 5.20. The minimum Gasteiger partial charge on any atom is -0.493 e. The van der Waals surface area contributed by atoms with Gasteiger partial charge in [0.15, 0.2) is 16.6 Å². The van der Waals surface area contributed by atoms with Crippen LogP contribution in [0.25, 0.3) is 0 Å². The molecule has 1 aliphatic rings. The van der Waals surface area contributed by atoms with E-state index in [1.807, 2.05) is 5.38 Å². The summed E-state index contributed by atoms with van der Waals surface area (Å²) in [5.41, 5.74) is 1.49. The molecule has 0 saturated carbocycles. The topological polar surface area (TPSA) is 63.7 Å². The van der Waals surface area contributed by atoms with Crippen LogP contribution in [0.4, 0.5) is 5.13 Å². The highest BCUT2D eigenvalue weighted by molar-refractivity contribution is 7.13. The zero-order chi connectivity index (χ0) is 19.1. The summed E-state index contributed by atoms with van der Waals surface area (Å²) in [4.78, 5) is 19.5. The van der Waals surface area contributed by atoms with Crippen LogP contribution >= 0.6 is 11.3 Å². The summed E-state index contributed by atoms with van der Waals surface area (Å²) in [7, 11) is 1.55. The summed E-state index contributed by atoms with van der Waals surface area (Å²) >= 11 is 1.45. The molecule has 1 saturated heterocycles. The number of ether oxygens (including phenoxy) is 2. The number of nitrogens with zero attached hydrogens (tertiary/aromatic N) is 2. The summed E-state index contributed by atoms with van der Waals surface area (Å²) in [5, 5.41) is 5.49. The minimum atomic E-state index is -0.220. The molecule has 2 aromatic rings. The summed E-state index contributed by atoms with van der Waals surface area (Å²) in [6, 6.07) is 5.09. The van der Waals surface area contributed by atoms with Crippen molar-refractivity contribution in [2.75, 3.05) is 32.1 Å². The van der Waals surface area contributed by atoms with Crippen molar-refractivity contribution in [3.63, 3.8) is 0 Å². The summed E-state index contributed by atoms with van der Waals surface area (Å²) in [6.07, 6.45) is 5.48. The third kappa shape index (κ3) is 5.30. The van der Waals surface area contributed by atoms with E-state index in [2.05, 4.69) is 21.8 Å². The van der Waals surface area contributed by atoms with Crippen molar-refractivity contribution in [1.29, 1.82) is 0 Å². The van der Waals surface area contributed by atoms with Crippen molar-refractivity contribution < 1.29 is 14.3 Å². The Morgan fingerprint density at radius 3 is 2.89 bits per heavy atom. The zero-order valence-electron chi connectivity index (χ0n) is 15.6. The van der Waals surface area contributed by atoms with Crippen LogP contribution in [0.15, 0.2) is 36.2 Å². The van der Waals surface area contributed by atoms with E-state index >= 15 is 0 Å². The van der Waals surface area contributed by atoms with Crippen LogP contribution in [-0.2, 0) is 6.54 Å². The average Bonchev–Trinajstić information content (AvgIpc) is 3.13. The van der Waals surface area contributed by atoms with E-state index in [9.17, 15) is 4.79 Å². The third-order valence-electron chi connectivity index (χ3n) is 4.39. The molecule has 0 atom stereocenters. The van der Waals surface area contributed by atoms with Gasteiger partial charge in [-0.25, -0.2) is 4.98 Å². The van der Waals surface area contributed by atoms with Gasteiger partial charge in [0.2, 0.25) is 0 Å². The van der Waals surface area contributed by atoms with Crippen molar-refractivity contribution in [3.8, 4) is 11.5 Å². The van der Waals surface area contributed by atoms with E-state index in [1.165, 1.54) is 30.6 Å². The van der Waals surface area contributed by atoms with Crippen LogP contribution in [0, 0.1) is 0 Å². The predicted molar refractivity (Wildman–Crippen MR) is 108 cm³/mol. The molecule has 0 spiro atoms. The smallest absolute Gasteiger partial charge is 0.257 e. The molecule has 0 bridgehead atoms. The molecule has 1 aromatic heterocycles. The maximum Gasteiger partial charge on any atom is 0.257 e. The summed E-state index contributed by atoms with van der Waals surface area (Å²) in [6.45, 7) is 7.09. The average molecular weight is 388 g/mol. The summed E-state index contributed by atoms with van der Waals surface area (Å²) < 4.78 is 10.8. The molecule has 1 aliphatic heterocycles. The Labute approximate surface area is 163 Å². The second-order valence-corrected chi connectivity index (χ2v) is 7.26. The molecule has 0 aliphatic carbocycles. The molecule has 1 amide bonds. The number of hydrogen-bond acceptors (Lipinski definition) is 6. The number of amides is 1. The number of anilines is 1. The van der Waals surface area contributed by atoms with E-state index in [1.54, 1.807) is 31.4 Å². The van der Waals surface area contributed by atoms with Crippen LogP contribution in [0.1, 0.15) is 35.3 Å². The number of nitrogens with one attached hydrogen (secondary N) is 1. The van der Waals surface area contributed by atoms with Crippen molar-refractivity contribution in [3.05, 3.63) is 47.5 Å². The van der Waals surface area contributed by atoms with Crippen LogP contribution in [0.3, 0.4) is 0 Å². The molecule has 7 heteroatoms. The summed E-state index contributed by atoms with van der Waals surface area (Å²) in [5.74, 6) is 0.865. The van der Waals surface area contributed by atoms with Gasteiger partial charge in [0.05, 0.1) is 12.8 Å². The number of thiazole rings is 1. The lowest BCUT2D eigenvalue weighted by molar-refractivity contribution is 0.102. The molecular weight excluding hydrogens is 362 g/mol. The molecule has 1 fully saturated rings. The lowest BCUT2D eigenvalue weighted by atomic mass is 10.1. The van der Waals surface area contributed by atoms with E-state index < -0.39 is 0 Å². The molecule has 3 rings (SSSR count). The largest absolute Gasteiger partial charge is 0.493 e. The lowest BCUT2D eigenvalue weighted by Crippen LogP contribution is -2.29. The van der Waals surface area contributed by atoms with Gasteiger partial charge in [-0.1, -0.05) is 19.1 Å². The van der Waals surface area contributed by atoms with Gasteiger partial charge in [0, 0.05) is 17.5 Å². The molecule has 27 heavy (non-hydrogen) atoms. The highest BCUT2D eigenvalue weighted by Gasteiger charge is 2.15. The van der Waals surface area contributed by atoms with Crippen molar-refractivity contribution in [2.45, 2.75) is 25.8 Å². The molecule has 1 N–H and O–H groups in total. The molecular formula is C20H25N3O3S. The SMILES string of the molecule is C=CCOc1ccc(C(=O)Nc2nc(CN3CCCCC3)cs2)cc1OC. The number of likely N-dealkylation sites (tertiary alicyclic amines) is 1. The number of piperidine rings is 1. The molecule has 0 unspecified atom stereocenters. The van der Waals surface area contributed by atoms with Crippen LogP contribution < -0.4 is 14.8 Å². The number of benzene rings is 1. The first-order valence-electron chi connectivity index (χ1n) is 9.09. The van der Waals surface area contributed by atoms with Gasteiger partial charge < -0.3 is 9.47 Å². The van der Waals surface area contributed by atoms with Crippen LogP contribution in [-0.4, -0.2) is 42.6 Å². The van der Waals surface area contributed by atoms with Gasteiger partial charge in [-0.05, 0) is 44.1 Å². The van der Waals surface area contributed by atoms with Gasteiger partial charge in [-0.3, -0.25) is 15.0 Å². The van der Waals surface area contributed by atoms with Gasteiger partial charge in [0.25, 0.3) is 5.91 Å².